The normalized spacial score (nSPS) is 16.7. The maximum atomic E-state index is 12.3. The summed E-state index contributed by atoms with van der Waals surface area (Å²) in [6.45, 7) is 2.19. The lowest BCUT2D eigenvalue weighted by molar-refractivity contribution is -0.274. The third kappa shape index (κ3) is 8.39. The second-order valence-corrected chi connectivity index (χ2v) is 6.76. The zero-order valence-electron chi connectivity index (χ0n) is 16.5. The lowest BCUT2D eigenvalue weighted by Gasteiger charge is -2.32. The molecule has 6 nitrogen and oxygen atoms in total. The van der Waals surface area contributed by atoms with Crippen LogP contribution in [0.25, 0.3) is 0 Å². The average Bonchev–Trinajstić information content (AvgIpc) is 2.60. The van der Waals surface area contributed by atoms with Gasteiger partial charge in [-0.25, -0.2) is 4.99 Å². The molecule has 2 rings (SSSR count). The molecule has 164 valence electrons. The fourth-order valence-corrected chi connectivity index (χ4v) is 3.15. The molecule has 1 aliphatic heterocycles. The van der Waals surface area contributed by atoms with Crippen molar-refractivity contribution in [1.29, 1.82) is 0 Å². The van der Waals surface area contributed by atoms with Crippen LogP contribution in [0.15, 0.2) is 34.3 Å². The van der Waals surface area contributed by atoms with E-state index in [0.29, 0.717) is 5.69 Å². The monoisotopic (exact) mass is 435 g/mol. The molecule has 0 bridgehead atoms. The molecule has 0 aromatic heterocycles. The fourth-order valence-electron chi connectivity index (χ4n) is 3.15. The van der Waals surface area contributed by atoms with Gasteiger partial charge in [-0.1, -0.05) is 45.4 Å². The van der Waals surface area contributed by atoms with Crippen LogP contribution >= 0.6 is 12.4 Å². The van der Waals surface area contributed by atoms with Crippen LogP contribution in [0.4, 0.5) is 18.9 Å². The maximum Gasteiger partial charge on any atom is 0.573 e. The summed E-state index contributed by atoms with van der Waals surface area (Å²) in [5.41, 5.74) is 12.3. The Kier molecular flexibility index (Phi) is 10.1. The molecular weight excluding hydrogens is 407 g/mol. The number of anilines is 1. The Morgan fingerprint density at radius 3 is 2.17 bits per heavy atom. The minimum absolute atomic E-state index is 0. The van der Waals surface area contributed by atoms with Gasteiger partial charge in [0.05, 0.1) is 0 Å². The van der Waals surface area contributed by atoms with E-state index in [0.717, 1.165) is 19.3 Å². The molecule has 29 heavy (non-hydrogen) atoms. The summed E-state index contributed by atoms with van der Waals surface area (Å²) in [6, 6.07) is 5.47. The topological polar surface area (TPSA) is 89.2 Å². The van der Waals surface area contributed by atoms with Crippen LogP contribution < -0.4 is 21.1 Å². The third-order valence-corrected chi connectivity index (χ3v) is 4.47. The molecule has 0 saturated carbocycles. The van der Waals surface area contributed by atoms with Crippen LogP contribution in [-0.4, -0.2) is 24.4 Å². The van der Waals surface area contributed by atoms with Gasteiger partial charge in [0.15, 0.2) is 0 Å². The molecule has 4 N–H and O–H groups in total. The number of nitrogens with zero attached hydrogens (tertiary/aromatic N) is 3. The maximum absolute atomic E-state index is 12.3. The van der Waals surface area contributed by atoms with Crippen molar-refractivity contribution in [2.75, 3.05) is 4.90 Å². The minimum Gasteiger partial charge on any atom is -0.406 e. The minimum atomic E-state index is -4.73. The van der Waals surface area contributed by atoms with Crippen LogP contribution in [0.3, 0.4) is 0 Å². The number of hydrogen-bond acceptors (Lipinski definition) is 6. The SMILES string of the molecule is CCCCCCCCCC1N=C(N)N=C(N)N1c1ccc(OC(F)(F)F)cc1.Cl. The Morgan fingerprint density at radius 2 is 1.59 bits per heavy atom. The summed E-state index contributed by atoms with van der Waals surface area (Å²) in [5, 5.41) is 0. The fraction of sp³-hybridized carbons (Fsp3) is 0.579. The van der Waals surface area contributed by atoms with Crippen LogP contribution in [0.2, 0.25) is 0 Å². The molecule has 0 fully saturated rings. The van der Waals surface area contributed by atoms with Gasteiger partial charge in [-0.05, 0) is 37.1 Å². The summed E-state index contributed by atoms with van der Waals surface area (Å²) in [7, 11) is 0. The van der Waals surface area contributed by atoms with Gasteiger partial charge in [-0.3, -0.25) is 4.90 Å². The lowest BCUT2D eigenvalue weighted by Crippen LogP contribution is -2.48. The number of rotatable bonds is 10. The van der Waals surface area contributed by atoms with Crippen molar-refractivity contribution < 1.29 is 17.9 Å². The van der Waals surface area contributed by atoms with Crippen molar-refractivity contribution in [2.45, 2.75) is 70.8 Å². The van der Waals surface area contributed by atoms with E-state index in [1.54, 1.807) is 4.90 Å². The van der Waals surface area contributed by atoms with Crippen LogP contribution in [0.1, 0.15) is 58.3 Å². The van der Waals surface area contributed by atoms with Crippen molar-refractivity contribution in [3.63, 3.8) is 0 Å². The van der Waals surface area contributed by atoms with Crippen molar-refractivity contribution in [1.82, 2.24) is 0 Å². The second-order valence-electron chi connectivity index (χ2n) is 6.76. The molecule has 1 aliphatic rings. The Morgan fingerprint density at radius 1 is 1.00 bits per heavy atom. The van der Waals surface area contributed by atoms with E-state index in [1.807, 2.05) is 0 Å². The number of ether oxygens (including phenoxy) is 1. The largest absolute Gasteiger partial charge is 0.573 e. The molecular formula is C19H29ClF3N5O. The third-order valence-electron chi connectivity index (χ3n) is 4.47. The van der Waals surface area contributed by atoms with Gasteiger partial charge < -0.3 is 16.2 Å². The zero-order valence-corrected chi connectivity index (χ0v) is 17.3. The van der Waals surface area contributed by atoms with E-state index in [4.69, 9.17) is 11.5 Å². The number of unbranched alkanes of at least 4 members (excludes halogenated alkanes) is 6. The number of alkyl halides is 3. The van der Waals surface area contributed by atoms with Crippen molar-refractivity contribution >= 4 is 30.0 Å². The molecule has 1 aromatic rings. The quantitative estimate of drug-likeness (QED) is 0.510. The first-order valence-electron chi connectivity index (χ1n) is 9.62. The first-order valence-corrected chi connectivity index (χ1v) is 9.62. The predicted molar refractivity (Wildman–Crippen MR) is 112 cm³/mol. The van der Waals surface area contributed by atoms with Crippen LogP contribution in [0.5, 0.6) is 5.75 Å². The van der Waals surface area contributed by atoms with E-state index < -0.39 is 6.36 Å². The summed E-state index contributed by atoms with van der Waals surface area (Å²) in [5.74, 6) is -0.0147. The van der Waals surface area contributed by atoms with Crippen molar-refractivity contribution in [3.8, 4) is 5.75 Å². The lowest BCUT2D eigenvalue weighted by atomic mass is 10.1. The smallest absolute Gasteiger partial charge is 0.406 e. The number of nitrogens with two attached hydrogens (primary N) is 2. The first kappa shape index (κ1) is 24.9. The highest BCUT2D eigenvalue weighted by Gasteiger charge is 2.31. The molecule has 0 radical (unpaired) electrons. The summed E-state index contributed by atoms with van der Waals surface area (Å²) >= 11 is 0. The van der Waals surface area contributed by atoms with Gasteiger partial charge >= 0.3 is 6.36 Å². The molecule has 1 atom stereocenters. The number of halogens is 4. The van der Waals surface area contributed by atoms with Crippen molar-refractivity contribution in [2.24, 2.45) is 21.5 Å². The molecule has 1 aromatic carbocycles. The summed E-state index contributed by atoms with van der Waals surface area (Å²) in [4.78, 5) is 10.0. The van der Waals surface area contributed by atoms with Gasteiger partial charge in [0.2, 0.25) is 11.9 Å². The molecule has 10 heteroatoms. The predicted octanol–water partition coefficient (Wildman–Crippen LogP) is 4.92. The van der Waals surface area contributed by atoms with Crippen molar-refractivity contribution in [3.05, 3.63) is 24.3 Å². The van der Waals surface area contributed by atoms with Gasteiger partial charge in [0, 0.05) is 5.69 Å². The second kappa shape index (κ2) is 11.7. The Bertz CT molecular complexity index is 679. The van der Waals surface area contributed by atoms with E-state index in [-0.39, 0.29) is 36.2 Å². The van der Waals surface area contributed by atoms with E-state index >= 15 is 0 Å². The Hall–Kier alpha value is -2.16. The molecule has 1 heterocycles. The molecule has 0 aliphatic carbocycles. The van der Waals surface area contributed by atoms with Gasteiger partial charge in [0.1, 0.15) is 11.9 Å². The van der Waals surface area contributed by atoms with Crippen LogP contribution in [-0.2, 0) is 0 Å². The number of benzene rings is 1. The van der Waals surface area contributed by atoms with Crippen LogP contribution in [0, 0.1) is 0 Å². The Balaban J connectivity index is 0.00000420. The summed E-state index contributed by atoms with van der Waals surface area (Å²) < 4.78 is 40.9. The highest BCUT2D eigenvalue weighted by molar-refractivity contribution is 6.04. The highest BCUT2D eigenvalue weighted by Crippen LogP contribution is 2.28. The number of hydrogen-bond donors (Lipinski definition) is 2. The van der Waals surface area contributed by atoms with E-state index in [9.17, 15) is 13.2 Å². The molecule has 0 spiro atoms. The molecule has 1 unspecified atom stereocenters. The molecule has 0 saturated heterocycles. The molecule has 0 amide bonds. The first-order chi connectivity index (χ1) is 13.3. The Labute approximate surface area is 175 Å². The van der Waals surface area contributed by atoms with Gasteiger partial charge in [-0.15, -0.1) is 25.6 Å². The average molecular weight is 436 g/mol. The number of guanidine groups is 2. The highest BCUT2D eigenvalue weighted by atomic mass is 35.5. The van der Waals surface area contributed by atoms with E-state index in [2.05, 4.69) is 21.6 Å². The number of aliphatic imine (C=N–C) groups is 2. The summed E-state index contributed by atoms with van der Waals surface area (Å²) in [6.07, 6.45) is 3.82. The standard InChI is InChI=1S/C19H28F3N5O.ClH/c1-2-3-4-5-6-7-8-9-16-25-17(23)26-18(24)27(16)14-10-12-15(13-11-14)28-19(20,21)22;/h10-13,16H,2-9H2,1H3,(H4,23,24,25,26);1H. The van der Waals surface area contributed by atoms with E-state index in [1.165, 1.54) is 56.4 Å². The van der Waals surface area contributed by atoms with Gasteiger partial charge in [-0.2, -0.15) is 4.99 Å². The zero-order chi connectivity index (χ0) is 20.6. The van der Waals surface area contributed by atoms with Gasteiger partial charge in [0.25, 0.3) is 0 Å².